The van der Waals surface area contributed by atoms with E-state index in [2.05, 4.69) is 5.32 Å². The van der Waals surface area contributed by atoms with Gasteiger partial charge in [-0.3, -0.25) is 9.59 Å². The van der Waals surface area contributed by atoms with Crippen LogP contribution in [0.3, 0.4) is 0 Å². The molecule has 4 nitrogen and oxygen atoms in total. The van der Waals surface area contributed by atoms with Gasteiger partial charge in [-0.1, -0.05) is 30.3 Å². The molecule has 0 bridgehead atoms. The van der Waals surface area contributed by atoms with Gasteiger partial charge in [-0.2, -0.15) is 0 Å². The number of nitrogens with one attached hydrogen (secondary N) is 1. The fourth-order valence-electron chi connectivity index (χ4n) is 3.36. The molecule has 0 fully saturated rings. The summed E-state index contributed by atoms with van der Waals surface area (Å²) in [6.07, 6.45) is 1.74. The molecule has 29 heavy (non-hydrogen) atoms. The van der Waals surface area contributed by atoms with Gasteiger partial charge in [-0.15, -0.1) is 0 Å². The number of benzene rings is 2. The van der Waals surface area contributed by atoms with Crippen molar-refractivity contribution >= 4 is 22.9 Å². The van der Waals surface area contributed by atoms with Crippen LogP contribution in [0.4, 0.5) is 10.1 Å². The van der Waals surface area contributed by atoms with Gasteiger partial charge < -0.3 is 9.72 Å². The Labute approximate surface area is 167 Å². The number of carbonyl (C=O) groups is 2. The number of nitrogens with zero attached hydrogens (tertiary/aromatic N) is 1. The molecule has 0 spiro atoms. The monoisotopic (exact) mass is 386 g/mol. The van der Waals surface area contributed by atoms with E-state index in [1.807, 2.05) is 50.2 Å². The molecule has 0 atom stereocenters. The Morgan fingerprint density at radius 3 is 2.45 bits per heavy atom. The van der Waals surface area contributed by atoms with Crippen LogP contribution in [0, 0.1) is 19.7 Å². The first-order valence-electron chi connectivity index (χ1n) is 9.23. The molecule has 0 radical (unpaired) electrons. The van der Waals surface area contributed by atoms with Gasteiger partial charge in [0.2, 0.25) is 0 Å². The lowest BCUT2D eigenvalue weighted by atomic mass is 10.0. The Kier molecular flexibility index (Phi) is 4.72. The molecule has 0 aliphatic carbocycles. The molecule has 2 aromatic carbocycles. The highest BCUT2D eigenvalue weighted by Gasteiger charge is 2.25. The van der Waals surface area contributed by atoms with Gasteiger partial charge in [-0.25, -0.2) is 4.39 Å². The highest BCUT2D eigenvalue weighted by Crippen LogP contribution is 2.29. The van der Waals surface area contributed by atoms with Gasteiger partial charge in [-0.05, 0) is 66.9 Å². The number of hydrogen-bond donors (Lipinski definition) is 1. The summed E-state index contributed by atoms with van der Waals surface area (Å²) in [6, 6.07) is 18.9. The first-order valence-corrected chi connectivity index (χ1v) is 9.23. The zero-order valence-electron chi connectivity index (χ0n) is 16.1. The van der Waals surface area contributed by atoms with Crippen LogP contribution >= 0.6 is 0 Å². The zero-order chi connectivity index (χ0) is 20.5. The van der Waals surface area contributed by atoms with Gasteiger partial charge in [0.1, 0.15) is 11.5 Å². The van der Waals surface area contributed by atoms with E-state index in [9.17, 15) is 14.0 Å². The average Bonchev–Trinajstić information content (AvgIpc) is 3.10. The van der Waals surface area contributed by atoms with E-state index in [0.717, 1.165) is 16.6 Å². The zero-order valence-corrected chi connectivity index (χ0v) is 16.1. The number of carbonyl (C=O) groups excluding carboxylic acids is 2. The molecule has 4 rings (SSSR count). The Hall–Kier alpha value is -3.73. The van der Waals surface area contributed by atoms with Crippen molar-refractivity contribution in [2.45, 2.75) is 13.8 Å². The summed E-state index contributed by atoms with van der Waals surface area (Å²) < 4.78 is 15.1. The van der Waals surface area contributed by atoms with E-state index in [1.165, 1.54) is 12.1 Å². The molecule has 5 heteroatoms. The first-order chi connectivity index (χ1) is 13.9. The number of hydrogen-bond acceptors (Lipinski definition) is 2. The molecule has 1 N–H and O–H groups in total. The van der Waals surface area contributed by atoms with Crippen molar-refractivity contribution in [1.29, 1.82) is 0 Å². The second-order valence-corrected chi connectivity index (χ2v) is 7.01. The van der Waals surface area contributed by atoms with E-state index in [1.54, 1.807) is 28.8 Å². The summed E-state index contributed by atoms with van der Waals surface area (Å²) in [5.74, 6) is -1.74. The summed E-state index contributed by atoms with van der Waals surface area (Å²) in [5, 5.41) is 2.73. The number of fused-ring (bicyclic) bond motifs is 1. The molecule has 0 unspecified atom stereocenters. The van der Waals surface area contributed by atoms with Crippen molar-refractivity contribution in [3.63, 3.8) is 0 Å². The maximum Gasteiger partial charge on any atom is 0.298 e. The minimum atomic E-state index is -0.717. The largest absolute Gasteiger partial charge is 0.319 e. The van der Waals surface area contributed by atoms with Gasteiger partial charge in [0.25, 0.3) is 11.7 Å². The maximum absolute atomic E-state index is 13.4. The molecule has 4 aromatic rings. The number of rotatable bonds is 4. The lowest BCUT2D eigenvalue weighted by molar-refractivity contribution is -0.112. The van der Waals surface area contributed by atoms with Gasteiger partial charge in [0, 0.05) is 23.0 Å². The van der Waals surface area contributed by atoms with Gasteiger partial charge >= 0.3 is 0 Å². The Morgan fingerprint density at radius 1 is 0.931 bits per heavy atom. The van der Waals surface area contributed by atoms with Crippen molar-refractivity contribution in [2.75, 3.05) is 5.32 Å². The Balaban J connectivity index is 1.78. The van der Waals surface area contributed by atoms with Crippen molar-refractivity contribution < 1.29 is 14.0 Å². The molecule has 0 aliphatic heterocycles. The molecule has 0 aliphatic rings. The lowest BCUT2D eigenvalue weighted by Crippen LogP contribution is -2.25. The van der Waals surface area contributed by atoms with Crippen LogP contribution in [0.1, 0.15) is 21.6 Å². The normalized spacial score (nSPS) is 10.9. The minimum Gasteiger partial charge on any atom is -0.319 e. The fraction of sp³-hybridized carbons (Fsp3) is 0.0833. The summed E-state index contributed by atoms with van der Waals surface area (Å²) in [5.41, 5.74) is 4.72. The maximum atomic E-state index is 13.4. The number of halogens is 1. The third-order valence-electron chi connectivity index (χ3n) is 4.90. The number of anilines is 1. The molecular formula is C24H19FN2O2. The predicted molar refractivity (Wildman–Crippen MR) is 112 cm³/mol. The number of amides is 1. The first kappa shape index (κ1) is 18.6. The Bertz CT molecular complexity index is 1240. The van der Waals surface area contributed by atoms with Crippen LogP contribution < -0.4 is 5.32 Å². The summed E-state index contributed by atoms with van der Waals surface area (Å²) in [4.78, 5) is 26.0. The van der Waals surface area contributed by atoms with Crippen molar-refractivity contribution in [2.24, 2.45) is 0 Å². The van der Waals surface area contributed by atoms with Crippen molar-refractivity contribution in [1.82, 2.24) is 4.40 Å². The highest BCUT2D eigenvalue weighted by molar-refractivity contribution is 6.47. The molecular weight excluding hydrogens is 367 g/mol. The standard InChI is InChI=1S/C24H19FN2O2/c1-15-6-7-16(2)21(13-15)26-24(29)23(28)22-20(17-8-10-18(25)11-9-17)14-19-5-3-4-12-27(19)22/h3-14H,1-2H3,(H,26,29). The van der Waals surface area contributed by atoms with Crippen LogP contribution in [-0.2, 0) is 4.79 Å². The molecule has 144 valence electrons. The highest BCUT2D eigenvalue weighted by atomic mass is 19.1. The smallest absolute Gasteiger partial charge is 0.298 e. The predicted octanol–water partition coefficient (Wildman–Crippen LogP) is 5.18. The average molecular weight is 386 g/mol. The van der Waals surface area contributed by atoms with Crippen molar-refractivity contribution in [3.8, 4) is 11.1 Å². The van der Waals surface area contributed by atoms with E-state index < -0.39 is 11.7 Å². The van der Waals surface area contributed by atoms with Crippen LogP contribution in [0.15, 0.2) is 72.9 Å². The topological polar surface area (TPSA) is 50.6 Å². The number of aromatic nitrogens is 1. The number of pyridine rings is 1. The van der Waals surface area contributed by atoms with Gasteiger partial charge in [0.15, 0.2) is 0 Å². The van der Waals surface area contributed by atoms with Gasteiger partial charge in [0.05, 0.1) is 0 Å². The SMILES string of the molecule is Cc1ccc(C)c(NC(=O)C(=O)c2c(-c3ccc(F)cc3)cc3ccccn23)c1. The molecule has 0 saturated heterocycles. The second-order valence-electron chi connectivity index (χ2n) is 7.01. The van der Waals surface area contributed by atoms with Crippen LogP contribution in [-0.4, -0.2) is 16.1 Å². The fourth-order valence-corrected chi connectivity index (χ4v) is 3.36. The number of Topliss-reactive ketones (excluding diaryl/α,β-unsaturated/α-hetero) is 1. The van der Waals surface area contributed by atoms with Crippen molar-refractivity contribution in [3.05, 3.63) is 95.6 Å². The van der Waals surface area contributed by atoms with E-state index in [0.29, 0.717) is 16.8 Å². The molecule has 1 amide bonds. The third-order valence-corrected chi connectivity index (χ3v) is 4.90. The molecule has 0 saturated carbocycles. The Morgan fingerprint density at radius 2 is 1.69 bits per heavy atom. The quantitative estimate of drug-likeness (QED) is 0.388. The van der Waals surface area contributed by atoms with Crippen LogP contribution in [0.2, 0.25) is 0 Å². The van der Waals surface area contributed by atoms with E-state index >= 15 is 0 Å². The molecule has 2 aromatic heterocycles. The lowest BCUT2D eigenvalue weighted by Gasteiger charge is -2.10. The van der Waals surface area contributed by atoms with Crippen LogP contribution in [0.25, 0.3) is 16.6 Å². The van der Waals surface area contributed by atoms with E-state index in [4.69, 9.17) is 0 Å². The summed E-state index contributed by atoms with van der Waals surface area (Å²) in [7, 11) is 0. The second kappa shape index (κ2) is 7.36. The summed E-state index contributed by atoms with van der Waals surface area (Å²) >= 11 is 0. The molecule has 2 heterocycles. The number of ketones is 1. The van der Waals surface area contributed by atoms with E-state index in [-0.39, 0.29) is 11.5 Å². The number of aryl methyl sites for hydroxylation is 2. The third kappa shape index (κ3) is 3.55. The summed E-state index contributed by atoms with van der Waals surface area (Å²) in [6.45, 7) is 3.79. The van der Waals surface area contributed by atoms with Crippen LogP contribution in [0.5, 0.6) is 0 Å². The minimum absolute atomic E-state index is 0.245.